The van der Waals surface area contributed by atoms with Gasteiger partial charge in [0.25, 0.3) is 5.91 Å². The van der Waals surface area contributed by atoms with Crippen LogP contribution in [0.15, 0.2) is 47.7 Å². The first-order chi connectivity index (χ1) is 9.16. The Morgan fingerprint density at radius 1 is 1.37 bits per heavy atom. The second-order valence-corrected chi connectivity index (χ2v) is 4.05. The summed E-state index contributed by atoms with van der Waals surface area (Å²) in [5.74, 6) is -0.706. The van der Waals surface area contributed by atoms with Crippen LogP contribution in [0.3, 0.4) is 0 Å². The molecule has 2 aromatic rings. The quantitative estimate of drug-likeness (QED) is 0.666. The maximum Gasteiger partial charge on any atom is 0.275 e. The van der Waals surface area contributed by atoms with Crippen LogP contribution in [0, 0.1) is 0 Å². The number of hydrazone groups is 1. The number of halogens is 1. The number of aromatic hydroxyl groups is 1. The molecule has 0 bridgehead atoms. The highest BCUT2D eigenvalue weighted by atomic mass is 35.5. The molecule has 2 rings (SSSR count). The fraction of sp³-hybridized carbons (Fsp3) is 0. The number of hydrogen-bond donors (Lipinski definition) is 2. The fourth-order valence-electron chi connectivity index (χ4n) is 1.36. The predicted octanol–water partition coefficient (Wildman–Crippen LogP) is 2.20. The van der Waals surface area contributed by atoms with Crippen LogP contribution < -0.4 is 5.43 Å². The Morgan fingerprint density at radius 3 is 2.95 bits per heavy atom. The molecule has 1 amide bonds. The van der Waals surface area contributed by atoms with Gasteiger partial charge in [-0.15, -0.1) is 0 Å². The third kappa shape index (κ3) is 3.53. The Hall–Kier alpha value is -2.40. The molecule has 0 aliphatic heterocycles. The van der Waals surface area contributed by atoms with E-state index in [1.807, 2.05) is 0 Å². The third-order valence-electron chi connectivity index (χ3n) is 2.25. The summed E-state index contributed by atoms with van der Waals surface area (Å²) in [7, 11) is 0. The van der Waals surface area contributed by atoms with Crippen molar-refractivity contribution in [1.82, 2.24) is 10.4 Å². The molecule has 0 radical (unpaired) electrons. The highest BCUT2D eigenvalue weighted by Gasteiger charge is 2.10. The number of aromatic nitrogens is 1. The Bertz CT molecular complexity index is 615. The van der Waals surface area contributed by atoms with Crippen molar-refractivity contribution >= 4 is 23.7 Å². The van der Waals surface area contributed by atoms with Crippen molar-refractivity contribution in [3.63, 3.8) is 0 Å². The summed E-state index contributed by atoms with van der Waals surface area (Å²) in [6, 6.07) is 9.53. The van der Waals surface area contributed by atoms with Gasteiger partial charge < -0.3 is 5.11 Å². The van der Waals surface area contributed by atoms with Gasteiger partial charge in [-0.2, -0.15) is 5.10 Å². The number of phenolic OH excluding ortho intramolecular Hbond substituents is 1. The van der Waals surface area contributed by atoms with Gasteiger partial charge in [-0.1, -0.05) is 17.7 Å². The lowest BCUT2D eigenvalue weighted by atomic mass is 10.2. The van der Waals surface area contributed by atoms with Crippen molar-refractivity contribution in [3.05, 3.63) is 58.9 Å². The van der Waals surface area contributed by atoms with Gasteiger partial charge in [-0.05, 0) is 30.3 Å². The van der Waals surface area contributed by atoms with Crippen molar-refractivity contribution in [2.75, 3.05) is 0 Å². The second kappa shape index (κ2) is 5.97. The Kier molecular flexibility index (Phi) is 4.10. The lowest BCUT2D eigenvalue weighted by Gasteiger charge is -2.03. The van der Waals surface area contributed by atoms with Gasteiger partial charge in [0, 0.05) is 11.2 Å². The number of amides is 1. The van der Waals surface area contributed by atoms with Gasteiger partial charge in [0.2, 0.25) is 0 Å². The van der Waals surface area contributed by atoms with Crippen LogP contribution in [0.25, 0.3) is 0 Å². The molecule has 0 atom stereocenters. The van der Waals surface area contributed by atoms with E-state index in [-0.39, 0.29) is 11.3 Å². The molecule has 0 saturated carbocycles. The Labute approximate surface area is 114 Å². The minimum Gasteiger partial charge on any atom is -0.507 e. The molecule has 5 nitrogen and oxygen atoms in total. The minimum absolute atomic E-state index is 0.0608. The first-order valence-electron chi connectivity index (χ1n) is 5.40. The van der Waals surface area contributed by atoms with Gasteiger partial charge in [0.15, 0.2) is 0 Å². The molecule has 1 aromatic carbocycles. The number of nitrogens with zero attached hydrogens (tertiary/aromatic N) is 2. The molecule has 0 unspecified atom stereocenters. The zero-order valence-corrected chi connectivity index (χ0v) is 10.5. The van der Waals surface area contributed by atoms with Crippen LogP contribution in [0.4, 0.5) is 0 Å². The van der Waals surface area contributed by atoms with Crippen molar-refractivity contribution in [3.8, 4) is 5.75 Å². The molecular formula is C13H10ClN3O2. The number of carbonyl (C=O) groups is 1. The van der Waals surface area contributed by atoms with E-state index in [1.165, 1.54) is 24.4 Å². The number of carbonyl (C=O) groups excluding carboxylic acids is 1. The number of hydrogen-bond acceptors (Lipinski definition) is 4. The van der Waals surface area contributed by atoms with Gasteiger partial charge in [-0.3, -0.25) is 9.78 Å². The van der Waals surface area contributed by atoms with Crippen molar-refractivity contribution in [1.29, 1.82) is 0 Å². The molecular weight excluding hydrogens is 266 g/mol. The third-order valence-corrected chi connectivity index (χ3v) is 2.49. The molecule has 0 aliphatic rings. The van der Waals surface area contributed by atoms with Crippen molar-refractivity contribution in [2.24, 2.45) is 5.10 Å². The summed E-state index contributed by atoms with van der Waals surface area (Å²) in [6.45, 7) is 0. The Morgan fingerprint density at radius 2 is 2.21 bits per heavy atom. The smallest absolute Gasteiger partial charge is 0.275 e. The van der Waals surface area contributed by atoms with Crippen LogP contribution in [0.5, 0.6) is 5.75 Å². The van der Waals surface area contributed by atoms with Crippen LogP contribution >= 0.6 is 11.6 Å². The summed E-state index contributed by atoms with van der Waals surface area (Å²) < 4.78 is 0. The SMILES string of the molecule is O=C(N/N=C/c1ccccn1)c1cc(Cl)ccc1O. The molecule has 2 N–H and O–H groups in total. The van der Waals surface area contributed by atoms with Gasteiger partial charge in [0.05, 0.1) is 17.5 Å². The molecule has 6 heteroatoms. The molecule has 1 heterocycles. The summed E-state index contributed by atoms with van der Waals surface area (Å²) in [5, 5.41) is 13.6. The van der Waals surface area contributed by atoms with Crippen LogP contribution in [0.1, 0.15) is 16.1 Å². The standard InChI is InChI=1S/C13H10ClN3O2/c14-9-4-5-12(18)11(7-9)13(19)17-16-8-10-3-1-2-6-15-10/h1-8,18H,(H,17,19)/b16-8+. The number of phenols is 1. The molecule has 0 aliphatic carbocycles. The van der Waals surface area contributed by atoms with Crippen LogP contribution in [0.2, 0.25) is 5.02 Å². The zero-order valence-electron chi connectivity index (χ0n) is 9.75. The average molecular weight is 276 g/mol. The molecule has 19 heavy (non-hydrogen) atoms. The average Bonchev–Trinajstić information content (AvgIpc) is 2.42. The normalized spacial score (nSPS) is 10.6. The number of nitrogens with one attached hydrogen (secondary N) is 1. The van der Waals surface area contributed by atoms with E-state index < -0.39 is 5.91 Å². The zero-order chi connectivity index (χ0) is 13.7. The fourth-order valence-corrected chi connectivity index (χ4v) is 1.53. The summed E-state index contributed by atoms with van der Waals surface area (Å²) in [5.41, 5.74) is 2.96. The number of rotatable bonds is 3. The molecule has 96 valence electrons. The molecule has 0 spiro atoms. The van der Waals surface area contributed by atoms with Gasteiger partial charge in [-0.25, -0.2) is 5.43 Å². The molecule has 1 aromatic heterocycles. The molecule has 0 saturated heterocycles. The lowest BCUT2D eigenvalue weighted by molar-refractivity contribution is 0.0952. The van der Waals surface area contributed by atoms with E-state index in [1.54, 1.807) is 24.4 Å². The maximum atomic E-state index is 11.7. The van der Waals surface area contributed by atoms with E-state index in [0.29, 0.717) is 10.7 Å². The number of pyridine rings is 1. The Balaban J connectivity index is 2.06. The molecule has 0 fully saturated rings. The minimum atomic E-state index is -0.549. The van der Waals surface area contributed by atoms with E-state index in [4.69, 9.17) is 11.6 Å². The summed E-state index contributed by atoms with van der Waals surface area (Å²) >= 11 is 5.75. The largest absolute Gasteiger partial charge is 0.507 e. The first kappa shape index (κ1) is 13.0. The maximum absolute atomic E-state index is 11.7. The predicted molar refractivity (Wildman–Crippen MR) is 72.4 cm³/mol. The highest BCUT2D eigenvalue weighted by molar-refractivity contribution is 6.31. The van der Waals surface area contributed by atoms with E-state index in [2.05, 4.69) is 15.5 Å². The van der Waals surface area contributed by atoms with Gasteiger partial charge >= 0.3 is 0 Å². The topological polar surface area (TPSA) is 74.6 Å². The summed E-state index contributed by atoms with van der Waals surface area (Å²) in [4.78, 5) is 15.8. The lowest BCUT2D eigenvalue weighted by Crippen LogP contribution is -2.17. The summed E-state index contributed by atoms with van der Waals surface area (Å²) in [6.07, 6.45) is 3.02. The first-order valence-corrected chi connectivity index (χ1v) is 5.77. The van der Waals surface area contributed by atoms with E-state index >= 15 is 0 Å². The van der Waals surface area contributed by atoms with Crippen molar-refractivity contribution < 1.29 is 9.90 Å². The second-order valence-electron chi connectivity index (χ2n) is 3.62. The van der Waals surface area contributed by atoms with Gasteiger partial charge in [0.1, 0.15) is 5.75 Å². The van der Waals surface area contributed by atoms with Crippen molar-refractivity contribution in [2.45, 2.75) is 0 Å². The monoisotopic (exact) mass is 275 g/mol. The van der Waals surface area contributed by atoms with E-state index in [9.17, 15) is 9.90 Å². The van der Waals surface area contributed by atoms with Crippen LogP contribution in [-0.4, -0.2) is 22.2 Å². The van der Waals surface area contributed by atoms with Crippen LogP contribution in [-0.2, 0) is 0 Å². The highest BCUT2D eigenvalue weighted by Crippen LogP contribution is 2.21. The van der Waals surface area contributed by atoms with E-state index in [0.717, 1.165) is 0 Å². The number of benzene rings is 1.